The van der Waals surface area contributed by atoms with E-state index >= 15 is 0 Å². The highest BCUT2D eigenvalue weighted by atomic mass is 35.5. The Balaban J connectivity index is 1.61. The van der Waals surface area contributed by atoms with Crippen molar-refractivity contribution in [1.82, 2.24) is 4.98 Å². The van der Waals surface area contributed by atoms with Crippen molar-refractivity contribution >= 4 is 22.9 Å². The molecule has 0 amide bonds. The third-order valence-electron chi connectivity index (χ3n) is 4.09. The molecular formula is C17H20ClNOS. The van der Waals surface area contributed by atoms with Crippen LogP contribution < -0.4 is 0 Å². The first-order valence-electron chi connectivity index (χ1n) is 7.53. The fourth-order valence-corrected chi connectivity index (χ4v) is 3.67. The van der Waals surface area contributed by atoms with Gasteiger partial charge in [0.1, 0.15) is 5.01 Å². The van der Waals surface area contributed by atoms with Crippen LogP contribution in [0, 0.1) is 5.92 Å². The molecule has 1 aromatic carbocycles. The van der Waals surface area contributed by atoms with Gasteiger partial charge in [0.15, 0.2) is 0 Å². The van der Waals surface area contributed by atoms with E-state index in [9.17, 15) is 0 Å². The Morgan fingerprint density at radius 1 is 1.29 bits per heavy atom. The van der Waals surface area contributed by atoms with Crippen molar-refractivity contribution in [1.29, 1.82) is 0 Å². The van der Waals surface area contributed by atoms with Gasteiger partial charge in [0.05, 0.1) is 18.2 Å². The second kappa shape index (κ2) is 7.39. The van der Waals surface area contributed by atoms with Crippen LogP contribution in [0.15, 0.2) is 29.6 Å². The Labute approximate surface area is 135 Å². The molecule has 0 atom stereocenters. The summed E-state index contributed by atoms with van der Waals surface area (Å²) in [7, 11) is 0. The van der Waals surface area contributed by atoms with Crippen LogP contribution in [0.1, 0.15) is 36.9 Å². The number of alkyl halides is 1. The third-order valence-corrected chi connectivity index (χ3v) is 5.29. The number of nitrogens with zero attached hydrogens (tertiary/aromatic N) is 1. The van der Waals surface area contributed by atoms with Crippen LogP contribution >= 0.6 is 22.9 Å². The average molecular weight is 322 g/mol. The predicted molar refractivity (Wildman–Crippen MR) is 88.7 cm³/mol. The highest BCUT2D eigenvalue weighted by Gasteiger charge is 2.16. The van der Waals surface area contributed by atoms with Crippen molar-refractivity contribution in [3.8, 4) is 10.6 Å². The number of hydrogen-bond acceptors (Lipinski definition) is 3. The van der Waals surface area contributed by atoms with E-state index in [1.54, 1.807) is 11.3 Å². The Morgan fingerprint density at radius 2 is 2.14 bits per heavy atom. The zero-order valence-electron chi connectivity index (χ0n) is 12.1. The van der Waals surface area contributed by atoms with Gasteiger partial charge in [-0.15, -0.1) is 22.9 Å². The minimum atomic E-state index is 0.469. The van der Waals surface area contributed by atoms with Gasteiger partial charge in [0.25, 0.3) is 0 Å². The van der Waals surface area contributed by atoms with Gasteiger partial charge >= 0.3 is 0 Å². The standard InChI is InChI=1S/C17H20ClNOS/c18-10-15-12-21-17(19-15)16-7-2-1-6-14(16)11-20-9-8-13-4-3-5-13/h1-2,6-7,12-13H,3-5,8-11H2. The summed E-state index contributed by atoms with van der Waals surface area (Å²) in [6, 6.07) is 8.35. The predicted octanol–water partition coefficient (Wildman–Crippen LogP) is 5.26. The molecule has 1 fully saturated rings. The number of thiazole rings is 1. The van der Waals surface area contributed by atoms with Crippen molar-refractivity contribution < 1.29 is 4.74 Å². The summed E-state index contributed by atoms with van der Waals surface area (Å²) in [5.41, 5.74) is 3.32. The van der Waals surface area contributed by atoms with Gasteiger partial charge < -0.3 is 4.74 Å². The van der Waals surface area contributed by atoms with Crippen molar-refractivity contribution in [2.75, 3.05) is 6.61 Å². The smallest absolute Gasteiger partial charge is 0.124 e. The molecular weight excluding hydrogens is 302 g/mol. The Kier molecular flexibility index (Phi) is 5.28. The van der Waals surface area contributed by atoms with Crippen molar-refractivity contribution in [3.63, 3.8) is 0 Å². The van der Waals surface area contributed by atoms with Crippen LogP contribution in [-0.4, -0.2) is 11.6 Å². The minimum Gasteiger partial charge on any atom is -0.377 e. The first-order valence-corrected chi connectivity index (χ1v) is 8.94. The van der Waals surface area contributed by atoms with E-state index in [-0.39, 0.29) is 0 Å². The van der Waals surface area contributed by atoms with E-state index in [0.29, 0.717) is 12.5 Å². The largest absolute Gasteiger partial charge is 0.377 e. The van der Waals surface area contributed by atoms with Crippen molar-refractivity contribution in [2.24, 2.45) is 5.92 Å². The van der Waals surface area contributed by atoms with Crippen LogP contribution in [0.5, 0.6) is 0 Å². The lowest BCUT2D eigenvalue weighted by atomic mass is 9.83. The second-order valence-corrected chi connectivity index (χ2v) is 6.70. The molecule has 0 spiro atoms. The summed E-state index contributed by atoms with van der Waals surface area (Å²) < 4.78 is 5.87. The summed E-state index contributed by atoms with van der Waals surface area (Å²) >= 11 is 7.49. The normalized spacial score (nSPS) is 15.1. The maximum Gasteiger partial charge on any atom is 0.124 e. The van der Waals surface area contributed by atoms with E-state index in [4.69, 9.17) is 16.3 Å². The molecule has 0 radical (unpaired) electrons. The van der Waals surface area contributed by atoms with E-state index in [1.807, 2.05) is 5.38 Å². The Morgan fingerprint density at radius 3 is 2.86 bits per heavy atom. The molecule has 0 aliphatic heterocycles. The van der Waals surface area contributed by atoms with Crippen LogP contribution in [0.3, 0.4) is 0 Å². The van der Waals surface area contributed by atoms with Gasteiger partial charge in [0, 0.05) is 17.6 Å². The number of aromatic nitrogens is 1. The van der Waals surface area contributed by atoms with Crippen LogP contribution in [0.25, 0.3) is 10.6 Å². The summed E-state index contributed by atoms with van der Waals surface area (Å²) in [6.45, 7) is 1.53. The second-order valence-electron chi connectivity index (χ2n) is 5.57. The number of hydrogen-bond donors (Lipinski definition) is 0. The summed E-state index contributed by atoms with van der Waals surface area (Å²) in [5.74, 6) is 1.38. The Hall–Kier alpha value is -0.900. The number of ether oxygens (including phenoxy) is 1. The quantitative estimate of drug-likeness (QED) is 0.513. The van der Waals surface area contributed by atoms with Crippen LogP contribution in [0.4, 0.5) is 0 Å². The first-order chi connectivity index (χ1) is 10.4. The molecule has 1 aliphatic rings. The molecule has 1 heterocycles. The summed E-state index contributed by atoms with van der Waals surface area (Å²) in [4.78, 5) is 4.57. The monoisotopic (exact) mass is 321 g/mol. The van der Waals surface area contributed by atoms with Crippen molar-refractivity contribution in [3.05, 3.63) is 40.9 Å². The lowest BCUT2D eigenvalue weighted by molar-refractivity contribution is 0.0952. The molecule has 21 heavy (non-hydrogen) atoms. The fourth-order valence-electron chi connectivity index (χ4n) is 2.56. The zero-order valence-corrected chi connectivity index (χ0v) is 13.6. The zero-order chi connectivity index (χ0) is 14.5. The molecule has 1 aliphatic carbocycles. The topological polar surface area (TPSA) is 22.1 Å². The van der Waals surface area contributed by atoms with Gasteiger partial charge in [0.2, 0.25) is 0 Å². The molecule has 1 aromatic heterocycles. The average Bonchev–Trinajstić information content (AvgIpc) is 2.94. The first kappa shape index (κ1) is 15.0. The molecule has 0 bridgehead atoms. The van der Waals surface area contributed by atoms with Crippen LogP contribution in [0.2, 0.25) is 0 Å². The summed E-state index contributed by atoms with van der Waals surface area (Å²) in [6.07, 6.45) is 5.39. The van der Waals surface area contributed by atoms with E-state index < -0.39 is 0 Å². The number of benzene rings is 1. The van der Waals surface area contributed by atoms with E-state index in [0.717, 1.165) is 23.2 Å². The maximum absolute atomic E-state index is 5.87. The van der Waals surface area contributed by atoms with E-state index in [2.05, 4.69) is 29.2 Å². The molecule has 0 N–H and O–H groups in total. The molecule has 3 rings (SSSR count). The maximum atomic E-state index is 5.87. The molecule has 112 valence electrons. The summed E-state index contributed by atoms with van der Waals surface area (Å²) in [5, 5.41) is 3.06. The third kappa shape index (κ3) is 3.85. The molecule has 1 saturated carbocycles. The minimum absolute atomic E-state index is 0.469. The highest BCUT2D eigenvalue weighted by Crippen LogP contribution is 2.30. The van der Waals surface area contributed by atoms with Gasteiger partial charge in [-0.1, -0.05) is 43.5 Å². The molecule has 4 heteroatoms. The lowest BCUT2D eigenvalue weighted by Crippen LogP contribution is -2.13. The number of rotatable bonds is 7. The van der Waals surface area contributed by atoms with Crippen molar-refractivity contribution in [2.45, 2.75) is 38.2 Å². The number of halogens is 1. The SMILES string of the molecule is ClCc1csc(-c2ccccc2COCCC2CCC2)n1. The van der Waals surface area contributed by atoms with Crippen LogP contribution in [-0.2, 0) is 17.2 Å². The fraction of sp³-hybridized carbons (Fsp3) is 0.471. The lowest BCUT2D eigenvalue weighted by Gasteiger charge is -2.24. The Bertz CT molecular complexity index is 580. The van der Waals surface area contributed by atoms with E-state index in [1.165, 1.54) is 36.8 Å². The van der Waals surface area contributed by atoms with Gasteiger partial charge in [-0.05, 0) is 17.9 Å². The van der Waals surface area contributed by atoms with Gasteiger partial charge in [-0.3, -0.25) is 0 Å². The van der Waals surface area contributed by atoms with Gasteiger partial charge in [-0.2, -0.15) is 0 Å². The molecule has 0 saturated heterocycles. The highest BCUT2D eigenvalue weighted by molar-refractivity contribution is 7.13. The molecule has 2 nitrogen and oxygen atoms in total. The molecule has 2 aromatic rings. The molecule has 0 unspecified atom stereocenters. The van der Waals surface area contributed by atoms with Gasteiger partial charge in [-0.25, -0.2) is 4.98 Å².